The molecule has 0 atom stereocenters. The average molecular weight is 699 g/mol. The third-order valence-corrected chi connectivity index (χ3v) is 11.6. The summed E-state index contributed by atoms with van der Waals surface area (Å²) in [5, 5.41) is 4.69. The van der Waals surface area contributed by atoms with E-state index in [4.69, 9.17) is 4.98 Å². The molecule has 2 heteroatoms. The molecule has 55 heavy (non-hydrogen) atoms. The molecule has 0 amide bonds. The molecule has 1 aliphatic carbocycles. The number of hydrogen-bond acceptors (Lipinski definition) is 2. The fraction of sp³-hybridized carbons (Fsp3) is 0.0189. The van der Waals surface area contributed by atoms with E-state index in [1.54, 1.807) is 0 Å². The molecule has 2 nitrogen and oxygen atoms in total. The van der Waals surface area contributed by atoms with Gasteiger partial charge in [0.1, 0.15) is 0 Å². The second kappa shape index (κ2) is 12.5. The Bertz CT molecular complexity index is 3020. The van der Waals surface area contributed by atoms with Crippen LogP contribution in [0, 0.1) is 0 Å². The van der Waals surface area contributed by atoms with Crippen LogP contribution in [0.25, 0.3) is 77.1 Å². The van der Waals surface area contributed by atoms with Crippen molar-refractivity contribution in [1.82, 2.24) is 9.97 Å². The quantitative estimate of drug-likeness (QED) is 0.132. The molecule has 0 saturated carbocycles. The summed E-state index contributed by atoms with van der Waals surface area (Å²) in [4.78, 5) is 9.56. The molecule has 0 saturated heterocycles. The lowest BCUT2D eigenvalue weighted by Crippen LogP contribution is -2.28. The first-order chi connectivity index (χ1) is 27.3. The lowest BCUT2D eigenvalue weighted by molar-refractivity contribution is 0.769. The number of para-hydroxylation sites is 1. The Labute approximate surface area is 320 Å². The lowest BCUT2D eigenvalue weighted by atomic mass is 9.67. The minimum absolute atomic E-state index is 0.510. The Kier molecular flexibility index (Phi) is 7.11. The van der Waals surface area contributed by atoms with Crippen molar-refractivity contribution in [3.8, 4) is 44.5 Å². The number of nitrogens with zero attached hydrogens (tertiary/aromatic N) is 2. The molecular weight excluding hydrogens is 665 g/mol. The van der Waals surface area contributed by atoms with Gasteiger partial charge in [0, 0.05) is 28.6 Å². The van der Waals surface area contributed by atoms with Gasteiger partial charge in [-0.15, -0.1) is 0 Å². The van der Waals surface area contributed by atoms with Crippen LogP contribution >= 0.6 is 0 Å². The molecule has 0 unspecified atom stereocenters. The number of rotatable bonds is 5. The highest BCUT2D eigenvalue weighted by molar-refractivity contribution is 6.14. The number of hydrogen-bond donors (Lipinski definition) is 0. The van der Waals surface area contributed by atoms with Crippen molar-refractivity contribution < 1.29 is 0 Å². The van der Waals surface area contributed by atoms with Crippen molar-refractivity contribution in [3.63, 3.8) is 0 Å². The average Bonchev–Trinajstić information content (AvgIpc) is 3.56. The van der Waals surface area contributed by atoms with Crippen molar-refractivity contribution in [2.75, 3.05) is 0 Å². The van der Waals surface area contributed by atoms with E-state index in [0.29, 0.717) is 0 Å². The first-order valence-corrected chi connectivity index (χ1v) is 18.9. The number of pyridine rings is 2. The minimum atomic E-state index is -0.510. The number of aromatic nitrogens is 2. The molecule has 0 radical (unpaired) electrons. The van der Waals surface area contributed by atoms with Crippen molar-refractivity contribution in [1.29, 1.82) is 0 Å². The highest BCUT2D eigenvalue weighted by Crippen LogP contribution is 2.57. The zero-order valence-corrected chi connectivity index (χ0v) is 30.0. The van der Waals surface area contributed by atoms with Crippen molar-refractivity contribution in [2.24, 2.45) is 0 Å². The first kappa shape index (κ1) is 31.4. The summed E-state index contributed by atoms with van der Waals surface area (Å²) >= 11 is 0. The zero-order chi connectivity index (χ0) is 36.3. The Morgan fingerprint density at radius 2 is 0.945 bits per heavy atom. The molecule has 10 aromatic rings. The molecule has 0 N–H and O–H groups in total. The monoisotopic (exact) mass is 698 g/mol. The topological polar surface area (TPSA) is 25.8 Å². The van der Waals surface area contributed by atoms with Crippen LogP contribution < -0.4 is 0 Å². The van der Waals surface area contributed by atoms with Gasteiger partial charge in [0.15, 0.2) is 0 Å². The normalized spacial score (nSPS) is 12.9. The number of benzene rings is 8. The number of fused-ring (bicyclic) bond motifs is 7. The molecule has 2 aromatic heterocycles. The highest BCUT2D eigenvalue weighted by Gasteiger charge is 2.46. The fourth-order valence-corrected chi connectivity index (χ4v) is 9.08. The van der Waals surface area contributed by atoms with E-state index in [2.05, 4.69) is 193 Å². The van der Waals surface area contributed by atoms with Crippen LogP contribution in [0.15, 0.2) is 207 Å². The smallest absolute Gasteiger partial charge is 0.0788 e. The van der Waals surface area contributed by atoms with E-state index in [0.717, 1.165) is 32.9 Å². The summed E-state index contributed by atoms with van der Waals surface area (Å²) in [7, 11) is 0. The Balaban J connectivity index is 1.08. The molecule has 0 spiro atoms. The van der Waals surface area contributed by atoms with Gasteiger partial charge >= 0.3 is 0 Å². The van der Waals surface area contributed by atoms with Crippen LogP contribution in [0.4, 0.5) is 0 Å². The summed E-state index contributed by atoms with van der Waals surface area (Å²) < 4.78 is 0. The van der Waals surface area contributed by atoms with E-state index in [1.807, 2.05) is 18.5 Å². The Morgan fingerprint density at radius 1 is 0.364 bits per heavy atom. The molecule has 0 fully saturated rings. The zero-order valence-electron chi connectivity index (χ0n) is 30.0. The van der Waals surface area contributed by atoms with E-state index in [9.17, 15) is 0 Å². The van der Waals surface area contributed by atoms with Crippen LogP contribution in [0.2, 0.25) is 0 Å². The Morgan fingerprint density at radius 3 is 1.62 bits per heavy atom. The SMILES string of the molecule is c1ccc(C2(c3ccccc3)c3cc(-c4ccc(-c5cc6cc7ccccc7nc6c6ccccc56)cc4)ccc3-c3ccc(-c4cccnc4)cc32)cc1. The molecule has 2 heterocycles. The molecule has 0 bridgehead atoms. The predicted molar refractivity (Wildman–Crippen MR) is 228 cm³/mol. The maximum absolute atomic E-state index is 5.11. The van der Waals surface area contributed by atoms with E-state index < -0.39 is 5.41 Å². The molecular formula is C53H34N2. The maximum Gasteiger partial charge on any atom is 0.0788 e. The van der Waals surface area contributed by atoms with Gasteiger partial charge < -0.3 is 0 Å². The third-order valence-electron chi connectivity index (χ3n) is 11.6. The molecule has 1 aliphatic rings. The van der Waals surface area contributed by atoms with Gasteiger partial charge in [-0.2, -0.15) is 0 Å². The van der Waals surface area contributed by atoms with Crippen molar-refractivity contribution in [2.45, 2.75) is 5.41 Å². The minimum Gasteiger partial charge on any atom is -0.264 e. The van der Waals surface area contributed by atoms with Crippen LogP contribution in [0.5, 0.6) is 0 Å². The summed E-state index contributed by atoms with van der Waals surface area (Å²) in [6.07, 6.45) is 3.79. The molecule has 0 aliphatic heterocycles. The second-order valence-corrected chi connectivity index (χ2v) is 14.5. The second-order valence-electron chi connectivity index (χ2n) is 14.5. The van der Waals surface area contributed by atoms with E-state index in [1.165, 1.54) is 66.4 Å². The van der Waals surface area contributed by atoms with Crippen LogP contribution in [-0.4, -0.2) is 9.97 Å². The van der Waals surface area contributed by atoms with Gasteiger partial charge in [-0.05, 0) is 109 Å². The van der Waals surface area contributed by atoms with Gasteiger partial charge in [-0.1, -0.05) is 158 Å². The summed E-state index contributed by atoms with van der Waals surface area (Å²) in [5.41, 5.74) is 16.2. The molecule has 8 aromatic carbocycles. The standard InChI is InChI=1S/C53H34N2/c1-3-14-42(15-4-1)53(43-16-5-2-6-17-43)49-32-37(25-27-45(49)46-28-26-38(33-50(46)53)40-13-11-29-54-34-40)35-21-23-36(24-22-35)48-31-41-30-39-12-7-10-20-51(39)55-52(41)47-19-9-8-18-44(47)48/h1-34H. The lowest BCUT2D eigenvalue weighted by Gasteiger charge is -2.34. The molecule has 11 rings (SSSR count). The van der Waals surface area contributed by atoms with Gasteiger partial charge in [0.05, 0.1) is 16.4 Å². The van der Waals surface area contributed by atoms with Gasteiger partial charge in [-0.25, -0.2) is 4.98 Å². The van der Waals surface area contributed by atoms with Crippen LogP contribution in [-0.2, 0) is 5.41 Å². The highest BCUT2D eigenvalue weighted by atomic mass is 14.7. The van der Waals surface area contributed by atoms with Gasteiger partial charge in [-0.3, -0.25) is 4.98 Å². The van der Waals surface area contributed by atoms with Crippen molar-refractivity contribution in [3.05, 3.63) is 229 Å². The Hall–Kier alpha value is -7.16. The van der Waals surface area contributed by atoms with Crippen LogP contribution in [0.1, 0.15) is 22.3 Å². The summed E-state index contributed by atoms with van der Waals surface area (Å²) in [5.74, 6) is 0. The van der Waals surface area contributed by atoms with Crippen LogP contribution in [0.3, 0.4) is 0 Å². The molecule has 256 valence electrons. The largest absolute Gasteiger partial charge is 0.264 e. The van der Waals surface area contributed by atoms with Crippen molar-refractivity contribution >= 4 is 32.6 Å². The van der Waals surface area contributed by atoms with E-state index >= 15 is 0 Å². The van der Waals surface area contributed by atoms with Gasteiger partial charge in [0.2, 0.25) is 0 Å². The van der Waals surface area contributed by atoms with Gasteiger partial charge in [0.25, 0.3) is 0 Å². The fourth-order valence-electron chi connectivity index (χ4n) is 9.08. The third kappa shape index (κ3) is 4.89. The van der Waals surface area contributed by atoms with E-state index in [-0.39, 0.29) is 0 Å². The summed E-state index contributed by atoms with van der Waals surface area (Å²) in [6, 6.07) is 71.0. The maximum atomic E-state index is 5.11. The summed E-state index contributed by atoms with van der Waals surface area (Å²) in [6.45, 7) is 0. The first-order valence-electron chi connectivity index (χ1n) is 18.9. The predicted octanol–water partition coefficient (Wildman–Crippen LogP) is 13.3.